The van der Waals surface area contributed by atoms with Gasteiger partial charge < -0.3 is 0 Å². The topological polar surface area (TPSA) is 34.1 Å². The first-order valence-electron chi connectivity index (χ1n) is 5.86. The zero-order valence-electron chi connectivity index (χ0n) is 9.00. The molecule has 3 aliphatic rings. The molecule has 2 nitrogen and oxygen atoms in total. The van der Waals surface area contributed by atoms with E-state index in [1.807, 2.05) is 0 Å². The molecule has 3 rings (SSSR count). The SMILES string of the molecule is O=C1C=CC(=O)C2C3C=CC(CC=CC3)C12. The van der Waals surface area contributed by atoms with Crippen LogP contribution < -0.4 is 0 Å². The molecule has 0 aromatic carbocycles. The van der Waals surface area contributed by atoms with E-state index in [1.54, 1.807) is 0 Å². The van der Waals surface area contributed by atoms with Crippen LogP contribution in [0.25, 0.3) is 0 Å². The molecule has 0 amide bonds. The molecule has 4 atom stereocenters. The van der Waals surface area contributed by atoms with Gasteiger partial charge in [-0.05, 0) is 36.8 Å². The van der Waals surface area contributed by atoms with E-state index >= 15 is 0 Å². The molecule has 0 spiro atoms. The Morgan fingerprint density at radius 3 is 1.69 bits per heavy atom. The number of hydrogen-bond donors (Lipinski definition) is 0. The monoisotopic (exact) mass is 214 g/mol. The lowest BCUT2D eigenvalue weighted by molar-refractivity contribution is -0.132. The largest absolute Gasteiger partial charge is 0.294 e. The van der Waals surface area contributed by atoms with E-state index in [9.17, 15) is 9.59 Å². The molecule has 0 saturated carbocycles. The smallest absolute Gasteiger partial charge is 0.160 e. The summed E-state index contributed by atoms with van der Waals surface area (Å²) in [7, 11) is 0. The summed E-state index contributed by atoms with van der Waals surface area (Å²) in [5.74, 6) is 0.520. The standard InChI is InChI=1S/C14H14O2/c15-11-7-8-12(16)14-10-4-2-1-3-9(5-6-10)13(11)14/h1-2,5-10,13-14H,3-4H2. The summed E-state index contributed by atoms with van der Waals surface area (Å²) in [6.45, 7) is 0. The van der Waals surface area contributed by atoms with E-state index in [-0.39, 0.29) is 35.2 Å². The lowest BCUT2D eigenvalue weighted by Gasteiger charge is -2.39. The minimum absolute atomic E-state index is 0.0996. The van der Waals surface area contributed by atoms with Gasteiger partial charge in [0, 0.05) is 11.8 Å². The fourth-order valence-electron chi connectivity index (χ4n) is 3.18. The molecule has 0 aliphatic heterocycles. The van der Waals surface area contributed by atoms with Gasteiger partial charge in [-0.1, -0.05) is 24.3 Å². The Labute approximate surface area is 94.7 Å². The van der Waals surface area contributed by atoms with Crippen molar-refractivity contribution in [1.29, 1.82) is 0 Å². The Balaban J connectivity index is 2.08. The van der Waals surface area contributed by atoms with Crippen molar-refractivity contribution in [3.05, 3.63) is 36.5 Å². The fraction of sp³-hybridized carbons (Fsp3) is 0.429. The molecule has 0 N–H and O–H groups in total. The maximum atomic E-state index is 11.9. The Bertz CT molecular complexity index is 390. The van der Waals surface area contributed by atoms with Crippen LogP contribution >= 0.6 is 0 Å². The van der Waals surface area contributed by atoms with E-state index in [2.05, 4.69) is 24.3 Å². The van der Waals surface area contributed by atoms with Gasteiger partial charge in [0.2, 0.25) is 0 Å². The molecule has 82 valence electrons. The molecule has 3 aliphatic carbocycles. The van der Waals surface area contributed by atoms with E-state index in [0.717, 1.165) is 12.8 Å². The number of carbonyl (C=O) groups is 2. The summed E-state index contributed by atoms with van der Waals surface area (Å²) in [4.78, 5) is 23.9. The van der Waals surface area contributed by atoms with Crippen LogP contribution in [0.5, 0.6) is 0 Å². The van der Waals surface area contributed by atoms with Crippen LogP contribution in [0.15, 0.2) is 36.5 Å². The van der Waals surface area contributed by atoms with Crippen LogP contribution in [-0.4, -0.2) is 11.6 Å². The van der Waals surface area contributed by atoms with Crippen LogP contribution in [0.2, 0.25) is 0 Å². The van der Waals surface area contributed by atoms with Crippen LogP contribution in [0.4, 0.5) is 0 Å². The molecular weight excluding hydrogens is 200 g/mol. The molecule has 0 radical (unpaired) electrons. The van der Waals surface area contributed by atoms with Crippen molar-refractivity contribution in [2.45, 2.75) is 12.8 Å². The molecule has 2 heteroatoms. The van der Waals surface area contributed by atoms with Gasteiger partial charge in [-0.25, -0.2) is 0 Å². The Morgan fingerprint density at radius 1 is 0.812 bits per heavy atom. The highest BCUT2D eigenvalue weighted by molar-refractivity contribution is 6.07. The Morgan fingerprint density at radius 2 is 1.25 bits per heavy atom. The number of carbonyl (C=O) groups excluding carboxylic acids is 2. The first kappa shape index (κ1) is 9.76. The zero-order valence-corrected chi connectivity index (χ0v) is 9.00. The number of rotatable bonds is 0. The van der Waals surface area contributed by atoms with Gasteiger partial charge in [0.05, 0.1) is 0 Å². The van der Waals surface area contributed by atoms with Crippen molar-refractivity contribution < 1.29 is 9.59 Å². The predicted molar refractivity (Wildman–Crippen MR) is 60.6 cm³/mol. The van der Waals surface area contributed by atoms with E-state index < -0.39 is 0 Å². The van der Waals surface area contributed by atoms with Crippen LogP contribution in [0, 0.1) is 23.7 Å². The Kier molecular flexibility index (Phi) is 2.16. The first-order valence-corrected chi connectivity index (χ1v) is 5.86. The first-order chi connectivity index (χ1) is 7.77. The quantitative estimate of drug-likeness (QED) is 0.578. The van der Waals surface area contributed by atoms with Crippen molar-refractivity contribution in [2.24, 2.45) is 23.7 Å². The third kappa shape index (κ3) is 1.33. The molecule has 0 aromatic rings. The molecular formula is C14H14O2. The second-order valence-electron chi connectivity index (χ2n) is 4.85. The summed E-state index contributed by atoms with van der Waals surface area (Å²) >= 11 is 0. The van der Waals surface area contributed by atoms with Gasteiger partial charge in [-0.15, -0.1) is 0 Å². The van der Waals surface area contributed by atoms with Gasteiger partial charge in [0.1, 0.15) is 0 Å². The van der Waals surface area contributed by atoms with E-state index in [1.165, 1.54) is 12.2 Å². The lowest BCUT2D eigenvalue weighted by Crippen LogP contribution is -2.43. The number of hydrogen-bond acceptors (Lipinski definition) is 2. The second kappa shape index (κ2) is 3.55. The minimum atomic E-state index is -0.0996. The maximum Gasteiger partial charge on any atom is 0.160 e. The minimum Gasteiger partial charge on any atom is -0.294 e. The summed E-state index contributed by atoms with van der Waals surface area (Å²) in [6.07, 6.45) is 13.3. The maximum absolute atomic E-state index is 11.9. The second-order valence-corrected chi connectivity index (χ2v) is 4.85. The number of allylic oxidation sites excluding steroid dienone is 6. The summed E-state index contributed by atoms with van der Waals surface area (Å²) in [5, 5.41) is 0. The van der Waals surface area contributed by atoms with Crippen LogP contribution in [-0.2, 0) is 9.59 Å². The average Bonchev–Trinajstić information content (AvgIpc) is 2.23. The molecule has 2 bridgehead atoms. The zero-order chi connectivity index (χ0) is 11.1. The number of fused-ring (bicyclic) bond motifs is 5. The normalized spacial score (nSPS) is 40.8. The van der Waals surface area contributed by atoms with Gasteiger partial charge in [0.25, 0.3) is 0 Å². The van der Waals surface area contributed by atoms with Crippen LogP contribution in [0.3, 0.4) is 0 Å². The Hall–Kier alpha value is -1.44. The van der Waals surface area contributed by atoms with Gasteiger partial charge in [-0.2, -0.15) is 0 Å². The van der Waals surface area contributed by atoms with Gasteiger partial charge >= 0.3 is 0 Å². The molecule has 0 heterocycles. The fourth-order valence-corrected chi connectivity index (χ4v) is 3.18. The molecule has 16 heavy (non-hydrogen) atoms. The summed E-state index contributed by atoms with van der Waals surface area (Å²) in [5.41, 5.74) is 0. The molecule has 0 saturated heterocycles. The van der Waals surface area contributed by atoms with Crippen LogP contribution in [0.1, 0.15) is 12.8 Å². The summed E-state index contributed by atoms with van der Waals surface area (Å²) < 4.78 is 0. The highest BCUT2D eigenvalue weighted by atomic mass is 16.1. The van der Waals surface area contributed by atoms with E-state index in [0.29, 0.717) is 0 Å². The molecule has 4 unspecified atom stereocenters. The van der Waals surface area contributed by atoms with Crippen molar-refractivity contribution >= 4 is 11.6 Å². The van der Waals surface area contributed by atoms with Crippen molar-refractivity contribution in [1.82, 2.24) is 0 Å². The van der Waals surface area contributed by atoms with Gasteiger partial charge in [0.15, 0.2) is 11.6 Å². The van der Waals surface area contributed by atoms with Gasteiger partial charge in [-0.3, -0.25) is 9.59 Å². The third-order valence-corrected chi connectivity index (χ3v) is 3.97. The highest BCUT2D eigenvalue weighted by Gasteiger charge is 2.44. The molecule has 0 fully saturated rings. The molecule has 0 aromatic heterocycles. The average molecular weight is 214 g/mol. The number of ketones is 2. The van der Waals surface area contributed by atoms with Crippen molar-refractivity contribution in [2.75, 3.05) is 0 Å². The summed E-state index contributed by atoms with van der Waals surface area (Å²) in [6, 6.07) is 0. The third-order valence-electron chi connectivity index (χ3n) is 3.97. The highest BCUT2D eigenvalue weighted by Crippen LogP contribution is 2.42. The van der Waals surface area contributed by atoms with Crippen molar-refractivity contribution in [3.63, 3.8) is 0 Å². The lowest BCUT2D eigenvalue weighted by atomic mass is 9.62. The predicted octanol–water partition coefficient (Wildman–Crippen LogP) is 2.08. The van der Waals surface area contributed by atoms with E-state index in [4.69, 9.17) is 0 Å². The van der Waals surface area contributed by atoms with Crippen molar-refractivity contribution in [3.8, 4) is 0 Å².